The van der Waals surface area contributed by atoms with Crippen LogP contribution < -0.4 is 0 Å². The molecule has 0 aliphatic heterocycles. The van der Waals surface area contributed by atoms with Gasteiger partial charge in [-0.15, -0.1) is 0 Å². The van der Waals surface area contributed by atoms with Gasteiger partial charge in [0, 0.05) is 11.5 Å². The van der Waals surface area contributed by atoms with E-state index >= 15 is 0 Å². The van der Waals surface area contributed by atoms with Gasteiger partial charge in [0.15, 0.2) is 0 Å². The molecule has 6 nitrogen and oxygen atoms in total. The summed E-state index contributed by atoms with van der Waals surface area (Å²) in [6.07, 6.45) is -6.25. The second-order valence-electron chi connectivity index (χ2n) is 7.59. The molecule has 0 spiro atoms. The van der Waals surface area contributed by atoms with Gasteiger partial charge in [0.2, 0.25) is 0 Å². The van der Waals surface area contributed by atoms with Gasteiger partial charge >= 0.3 is 0 Å². The molecule has 156 valence electrons. The van der Waals surface area contributed by atoms with Crippen molar-refractivity contribution in [2.45, 2.75) is 50.6 Å². The first kappa shape index (κ1) is 21.5. The van der Waals surface area contributed by atoms with Gasteiger partial charge in [-0.2, -0.15) is 0 Å². The highest BCUT2D eigenvalue weighted by atomic mass is 16.4. The Labute approximate surface area is 170 Å². The molecule has 6 heteroatoms. The number of benzene rings is 2. The maximum absolute atomic E-state index is 10.8. The van der Waals surface area contributed by atoms with E-state index in [1.165, 1.54) is 0 Å². The molecule has 1 aliphatic rings. The van der Waals surface area contributed by atoms with Crippen molar-refractivity contribution in [3.05, 3.63) is 76.0 Å². The highest BCUT2D eigenvalue weighted by Crippen LogP contribution is 2.52. The monoisotopic (exact) mass is 400 g/mol. The predicted molar refractivity (Wildman–Crippen MR) is 110 cm³/mol. The first-order valence-corrected chi connectivity index (χ1v) is 9.76. The summed E-state index contributed by atoms with van der Waals surface area (Å²) in [5.74, 6) is -0.733. The average Bonchev–Trinajstić information content (AvgIpc) is 2.73. The second kappa shape index (κ2) is 8.65. The van der Waals surface area contributed by atoms with E-state index < -0.39 is 36.8 Å². The number of aryl methyl sites for hydroxylation is 2. The van der Waals surface area contributed by atoms with E-state index in [2.05, 4.69) is 13.0 Å². The van der Waals surface area contributed by atoms with Crippen molar-refractivity contribution in [2.24, 2.45) is 0 Å². The minimum Gasteiger partial charge on any atom is -0.509 e. The van der Waals surface area contributed by atoms with Crippen LogP contribution in [-0.4, -0.2) is 61.7 Å². The summed E-state index contributed by atoms with van der Waals surface area (Å²) in [4.78, 5) is 0. The number of allylic oxidation sites excluding steroid dienone is 1. The molecule has 0 amide bonds. The van der Waals surface area contributed by atoms with E-state index in [0.29, 0.717) is 5.57 Å². The molecule has 2 aromatic carbocycles. The van der Waals surface area contributed by atoms with Crippen molar-refractivity contribution in [1.82, 2.24) is 0 Å². The minimum atomic E-state index is -1.86. The fourth-order valence-corrected chi connectivity index (χ4v) is 3.78. The van der Waals surface area contributed by atoms with Gasteiger partial charge in [-0.1, -0.05) is 55.0 Å². The summed E-state index contributed by atoms with van der Waals surface area (Å²) < 4.78 is 0. The molecule has 0 saturated heterocycles. The topological polar surface area (TPSA) is 121 Å². The maximum atomic E-state index is 10.8. The zero-order valence-corrected chi connectivity index (χ0v) is 16.5. The summed E-state index contributed by atoms with van der Waals surface area (Å²) in [5.41, 5.74) is 5.46. The van der Waals surface area contributed by atoms with Crippen molar-refractivity contribution < 1.29 is 30.6 Å². The fourth-order valence-electron chi connectivity index (χ4n) is 3.78. The Kier molecular flexibility index (Phi) is 6.41. The number of fused-ring (bicyclic) bond motifs is 1. The number of aliphatic hydroxyl groups excluding tert-OH is 6. The van der Waals surface area contributed by atoms with Crippen LogP contribution in [0.2, 0.25) is 0 Å². The summed E-state index contributed by atoms with van der Waals surface area (Å²) in [5, 5.41) is 59.8. The Morgan fingerprint density at radius 1 is 0.966 bits per heavy atom. The number of hydrogen-bond donors (Lipinski definition) is 6. The molecule has 3 rings (SSSR count). The van der Waals surface area contributed by atoms with Crippen LogP contribution in [0.4, 0.5) is 0 Å². The zero-order chi connectivity index (χ0) is 21.3. The lowest BCUT2D eigenvalue weighted by molar-refractivity contribution is -0.112. The number of rotatable bonds is 7. The summed E-state index contributed by atoms with van der Waals surface area (Å²) >= 11 is 0. The third-order valence-corrected chi connectivity index (χ3v) is 5.64. The van der Waals surface area contributed by atoms with E-state index in [1.807, 2.05) is 43.3 Å². The molecule has 0 aromatic heterocycles. The van der Waals surface area contributed by atoms with Crippen molar-refractivity contribution in [3.8, 4) is 0 Å². The molecule has 0 radical (unpaired) electrons. The van der Waals surface area contributed by atoms with Crippen LogP contribution in [0.3, 0.4) is 0 Å². The highest BCUT2D eigenvalue weighted by Gasteiger charge is 2.40. The Morgan fingerprint density at radius 3 is 2.21 bits per heavy atom. The molecule has 2 aromatic rings. The SMILES string of the molecule is CCc1ccc2c(c1)C(c1ccc(C)cc1)C2=C(O)[C@H](O)[C@@H](O)[C@H](O)[C@H](O)CO. The van der Waals surface area contributed by atoms with E-state index in [1.54, 1.807) is 0 Å². The third kappa shape index (κ3) is 3.95. The van der Waals surface area contributed by atoms with E-state index in [4.69, 9.17) is 5.11 Å². The average molecular weight is 400 g/mol. The van der Waals surface area contributed by atoms with E-state index in [9.17, 15) is 25.5 Å². The molecular formula is C23H28O6. The van der Waals surface area contributed by atoms with Crippen molar-refractivity contribution in [2.75, 3.05) is 6.61 Å². The van der Waals surface area contributed by atoms with Crippen molar-refractivity contribution in [3.63, 3.8) is 0 Å². The lowest BCUT2D eigenvalue weighted by Gasteiger charge is -2.37. The molecule has 0 fully saturated rings. The van der Waals surface area contributed by atoms with Crippen LogP contribution in [0.1, 0.15) is 40.7 Å². The number of aliphatic hydroxyl groups is 6. The Morgan fingerprint density at radius 2 is 1.62 bits per heavy atom. The molecule has 6 N–H and O–H groups in total. The zero-order valence-electron chi connectivity index (χ0n) is 16.5. The molecule has 0 bridgehead atoms. The van der Waals surface area contributed by atoms with Crippen LogP contribution in [0, 0.1) is 6.92 Å². The molecule has 29 heavy (non-hydrogen) atoms. The third-order valence-electron chi connectivity index (χ3n) is 5.64. The summed E-state index contributed by atoms with van der Waals surface area (Å²) in [6.45, 7) is 3.26. The maximum Gasteiger partial charge on any atom is 0.139 e. The van der Waals surface area contributed by atoms with Crippen molar-refractivity contribution in [1.29, 1.82) is 0 Å². The molecule has 0 saturated carbocycles. The second-order valence-corrected chi connectivity index (χ2v) is 7.59. The van der Waals surface area contributed by atoms with E-state index in [0.717, 1.165) is 34.2 Å². The highest BCUT2D eigenvalue weighted by molar-refractivity contribution is 5.88. The van der Waals surface area contributed by atoms with Gasteiger partial charge in [0.05, 0.1) is 6.61 Å². The first-order valence-electron chi connectivity index (χ1n) is 9.76. The molecule has 1 aliphatic carbocycles. The molecule has 0 heterocycles. The summed E-state index contributed by atoms with van der Waals surface area (Å²) in [6, 6.07) is 13.8. The van der Waals surface area contributed by atoms with Gasteiger partial charge in [0.1, 0.15) is 30.2 Å². The van der Waals surface area contributed by atoms with Crippen LogP contribution in [-0.2, 0) is 6.42 Å². The standard InChI is InChI=1S/C23H28O6/c1-3-13-6-9-15-16(10-13)18(14-7-4-12(2)5-8-14)19(15)21(27)23(29)22(28)20(26)17(25)11-24/h4-10,17-18,20,22-29H,3,11H2,1-2H3/t17-,18?,20-,22+,23+/m1/s1. The smallest absolute Gasteiger partial charge is 0.139 e. The van der Waals surface area contributed by atoms with Crippen LogP contribution in [0.5, 0.6) is 0 Å². The molecular weight excluding hydrogens is 372 g/mol. The normalized spacial score (nSPS) is 21.6. The first-order chi connectivity index (χ1) is 13.8. The van der Waals surface area contributed by atoms with Gasteiger partial charge < -0.3 is 30.6 Å². The van der Waals surface area contributed by atoms with Gasteiger partial charge in [-0.25, -0.2) is 0 Å². The van der Waals surface area contributed by atoms with Crippen LogP contribution >= 0.6 is 0 Å². The van der Waals surface area contributed by atoms with Crippen LogP contribution in [0.25, 0.3) is 5.57 Å². The quantitative estimate of drug-likeness (QED) is 0.391. The Hall–Kier alpha value is -2.22. The Balaban J connectivity index is 2.04. The molecule has 1 unspecified atom stereocenters. The Bertz CT molecular complexity index is 889. The minimum absolute atomic E-state index is 0.279. The predicted octanol–water partition coefficient (Wildman–Crippen LogP) is 1.41. The lowest BCUT2D eigenvalue weighted by atomic mass is 9.67. The largest absolute Gasteiger partial charge is 0.509 e. The van der Waals surface area contributed by atoms with E-state index in [-0.39, 0.29) is 5.92 Å². The fraction of sp³-hybridized carbons (Fsp3) is 0.391. The number of hydrogen-bond acceptors (Lipinski definition) is 6. The van der Waals surface area contributed by atoms with Crippen LogP contribution in [0.15, 0.2) is 48.2 Å². The van der Waals surface area contributed by atoms with Gasteiger partial charge in [0.25, 0.3) is 0 Å². The molecule has 5 atom stereocenters. The van der Waals surface area contributed by atoms with Gasteiger partial charge in [-0.3, -0.25) is 0 Å². The van der Waals surface area contributed by atoms with Gasteiger partial charge in [-0.05, 0) is 35.6 Å². The van der Waals surface area contributed by atoms with Crippen molar-refractivity contribution >= 4 is 5.57 Å². The summed E-state index contributed by atoms with van der Waals surface area (Å²) in [7, 11) is 0. The lowest BCUT2D eigenvalue weighted by Crippen LogP contribution is -2.47.